The maximum Gasteiger partial charge on any atom is 0.243 e. The van der Waals surface area contributed by atoms with Crippen LogP contribution in [0.4, 0.5) is 0 Å². The molecule has 5 nitrogen and oxygen atoms in total. The van der Waals surface area contributed by atoms with Gasteiger partial charge in [0.1, 0.15) is 17.6 Å². The summed E-state index contributed by atoms with van der Waals surface area (Å²) in [5, 5.41) is 2.59. The molecule has 1 fully saturated rings. The molecule has 17 heavy (non-hydrogen) atoms. The zero-order valence-corrected chi connectivity index (χ0v) is 10.0. The van der Waals surface area contributed by atoms with E-state index in [0.29, 0.717) is 18.7 Å². The fraction of sp³-hybridized carbons (Fsp3) is 0.500. The number of hydrogen-bond acceptors (Lipinski definition) is 3. The summed E-state index contributed by atoms with van der Waals surface area (Å²) in [6.45, 7) is 4.18. The Morgan fingerprint density at radius 3 is 2.82 bits per heavy atom. The largest absolute Gasteiger partial charge is 0.464 e. The molecule has 0 radical (unpaired) electrons. The number of carbonyl (C=O) groups excluding carboxylic acids is 2. The molecule has 0 saturated carbocycles. The fourth-order valence-electron chi connectivity index (χ4n) is 2.04. The van der Waals surface area contributed by atoms with Crippen LogP contribution in [0.1, 0.15) is 24.9 Å². The lowest BCUT2D eigenvalue weighted by Gasteiger charge is -2.33. The van der Waals surface area contributed by atoms with Crippen LogP contribution in [0.25, 0.3) is 0 Å². The molecular weight excluding hydrogens is 220 g/mol. The third kappa shape index (κ3) is 2.33. The van der Waals surface area contributed by atoms with Gasteiger partial charge in [-0.2, -0.15) is 0 Å². The summed E-state index contributed by atoms with van der Waals surface area (Å²) in [6.07, 6.45) is 0.608. The van der Waals surface area contributed by atoms with Gasteiger partial charge in [-0.05, 0) is 25.5 Å². The molecule has 1 unspecified atom stereocenters. The van der Waals surface area contributed by atoms with E-state index in [1.165, 1.54) is 0 Å². The summed E-state index contributed by atoms with van der Waals surface area (Å²) in [4.78, 5) is 25.0. The molecule has 92 valence electrons. The minimum absolute atomic E-state index is 0.0643. The van der Waals surface area contributed by atoms with Crippen LogP contribution in [0.5, 0.6) is 0 Å². The number of nitrogens with one attached hydrogen (secondary N) is 1. The summed E-state index contributed by atoms with van der Waals surface area (Å²) in [7, 11) is 0. The monoisotopic (exact) mass is 236 g/mol. The maximum absolute atomic E-state index is 11.8. The van der Waals surface area contributed by atoms with E-state index in [2.05, 4.69) is 5.32 Å². The Kier molecular flexibility index (Phi) is 3.17. The number of carbonyl (C=O) groups is 2. The molecule has 0 bridgehead atoms. The first kappa shape index (κ1) is 11.7. The zero-order chi connectivity index (χ0) is 12.4. The van der Waals surface area contributed by atoms with Crippen molar-refractivity contribution in [1.29, 1.82) is 0 Å². The van der Waals surface area contributed by atoms with Crippen molar-refractivity contribution in [3.05, 3.63) is 23.7 Å². The molecule has 2 heterocycles. The van der Waals surface area contributed by atoms with E-state index < -0.39 is 0 Å². The molecule has 0 aliphatic carbocycles. The van der Waals surface area contributed by atoms with Crippen LogP contribution in [-0.2, 0) is 16.1 Å². The highest BCUT2D eigenvalue weighted by molar-refractivity contribution is 5.94. The predicted molar refractivity (Wildman–Crippen MR) is 61.1 cm³/mol. The van der Waals surface area contributed by atoms with Crippen molar-refractivity contribution < 1.29 is 14.0 Å². The molecule has 1 aromatic heterocycles. The zero-order valence-electron chi connectivity index (χ0n) is 10.0. The van der Waals surface area contributed by atoms with Gasteiger partial charge in [-0.1, -0.05) is 6.92 Å². The number of furan rings is 1. The summed E-state index contributed by atoms with van der Waals surface area (Å²) < 4.78 is 5.44. The Bertz CT molecular complexity index is 439. The molecule has 0 spiro atoms. The highest BCUT2D eigenvalue weighted by Gasteiger charge is 2.33. The second-order valence-electron chi connectivity index (χ2n) is 4.18. The summed E-state index contributed by atoms with van der Waals surface area (Å²) in [6, 6.07) is 3.30. The van der Waals surface area contributed by atoms with Gasteiger partial charge in [0.15, 0.2) is 0 Å². The van der Waals surface area contributed by atoms with Gasteiger partial charge in [-0.25, -0.2) is 0 Å². The smallest absolute Gasteiger partial charge is 0.243 e. The van der Waals surface area contributed by atoms with E-state index in [9.17, 15) is 9.59 Å². The van der Waals surface area contributed by atoms with E-state index in [0.717, 1.165) is 5.76 Å². The van der Waals surface area contributed by atoms with Crippen LogP contribution in [0.3, 0.4) is 0 Å². The summed E-state index contributed by atoms with van der Waals surface area (Å²) >= 11 is 0. The Balaban J connectivity index is 2.15. The fourth-order valence-corrected chi connectivity index (χ4v) is 2.04. The Morgan fingerprint density at radius 2 is 2.24 bits per heavy atom. The minimum atomic E-state index is -0.387. The van der Waals surface area contributed by atoms with E-state index >= 15 is 0 Å². The second kappa shape index (κ2) is 4.61. The number of piperazine rings is 1. The van der Waals surface area contributed by atoms with Crippen molar-refractivity contribution >= 4 is 11.8 Å². The van der Waals surface area contributed by atoms with E-state index in [1.807, 2.05) is 26.0 Å². The average Bonchev–Trinajstić information content (AvgIpc) is 2.70. The Morgan fingerprint density at radius 1 is 1.47 bits per heavy atom. The van der Waals surface area contributed by atoms with Gasteiger partial charge in [-0.3, -0.25) is 9.59 Å². The van der Waals surface area contributed by atoms with Gasteiger partial charge in [0.05, 0.1) is 13.1 Å². The van der Waals surface area contributed by atoms with Crippen molar-refractivity contribution in [3.8, 4) is 0 Å². The van der Waals surface area contributed by atoms with Crippen LogP contribution in [0, 0.1) is 6.92 Å². The summed E-state index contributed by atoms with van der Waals surface area (Å²) in [5.41, 5.74) is 0. The average molecular weight is 236 g/mol. The van der Waals surface area contributed by atoms with Gasteiger partial charge in [-0.15, -0.1) is 0 Å². The van der Waals surface area contributed by atoms with Crippen molar-refractivity contribution in [2.24, 2.45) is 0 Å². The maximum atomic E-state index is 11.8. The normalized spacial score (nSPS) is 20.6. The summed E-state index contributed by atoms with van der Waals surface area (Å²) in [5.74, 6) is 1.37. The molecule has 1 aliphatic rings. The number of aryl methyl sites for hydroxylation is 1. The standard InChI is InChI=1S/C12H16N2O3/c1-3-10-12(16)13-6-11(15)14(10)7-9-5-4-8(2)17-9/h4-5,10H,3,6-7H2,1-2H3,(H,13,16). The van der Waals surface area contributed by atoms with Crippen molar-refractivity contribution in [2.75, 3.05) is 6.54 Å². The second-order valence-corrected chi connectivity index (χ2v) is 4.18. The number of hydrogen-bond donors (Lipinski definition) is 1. The minimum Gasteiger partial charge on any atom is -0.464 e. The third-order valence-electron chi connectivity index (χ3n) is 2.92. The number of nitrogens with zero attached hydrogens (tertiary/aromatic N) is 1. The molecule has 1 N–H and O–H groups in total. The lowest BCUT2D eigenvalue weighted by Crippen LogP contribution is -2.57. The van der Waals surface area contributed by atoms with Crippen molar-refractivity contribution in [2.45, 2.75) is 32.9 Å². The van der Waals surface area contributed by atoms with E-state index in [1.54, 1.807) is 4.90 Å². The molecule has 1 aliphatic heterocycles. The van der Waals surface area contributed by atoms with Crippen LogP contribution in [0.15, 0.2) is 16.5 Å². The Hall–Kier alpha value is -1.78. The SMILES string of the molecule is CCC1C(=O)NCC(=O)N1Cc1ccc(C)o1. The predicted octanol–water partition coefficient (Wildman–Crippen LogP) is 0.825. The molecule has 2 rings (SSSR count). The molecule has 0 aromatic carbocycles. The van der Waals surface area contributed by atoms with Gasteiger partial charge in [0, 0.05) is 0 Å². The van der Waals surface area contributed by atoms with Crippen molar-refractivity contribution in [1.82, 2.24) is 10.2 Å². The Labute approximate surface area is 99.8 Å². The lowest BCUT2D eigenvalue weighted by molar-refractivity contribution is -0.146. The molecule has 2 amide bonds. The highest BCUT2D eigenvalue weighted by Crippen LogP contribution is 2.16. The number of amides is 2. The van der Waals surface area contributed by atoms with E-state index in [-0.39, 0.29) is 24.4 Å². The molecule has 5 heteroatoms. The molecular formula is C12H16N2O3. The third-order valence-corrected chi connectivity index (χ3v) is 2.92. The molecule has 1 saturated heterocycles. The molecule has 1 atom stereocenters. The topological polar surface area (TPSA) is 62.6 Å². The van der Waals surface area contributed by atoms with Gasteiger partial charge < -0.3 is 14.6 Å². The van der Waals surface area contributed by atoms with Gasteiger partial charge in [0.25, 0.3) is 0 Å². The van der Waals surface area contributed by atoms with Gasteiger partial charge in [0.2, 0.25) is 11.8 Å². The van der Waals surface area contributed by atoms with Crippen LogP contribution in [0.2, 0.25) is 0 Å². The quantitative estimate of drug-likeness (QED) is 0.845. The van der Waals surface area contributed by atoms with E-state index in [4.69, 9.17) is 4.42 Å². The van der Waals surface area contributed by atoms with Crippen LogP contribution < -0.4 is 5.32 Å². The van der Waals surface area contributed by atoms with Crippen LogP contribution in [-0.4, -0.2) is 29.3 Å². The van der Waals surface area contributed by atoms with Crippen molar-refractivity contribution in [3.63, 3.8) is 0 Å². The number of rotatable bonds is 3. The first-order chi connectivity index (χ1) is 8.11. The first-order valence-corrected chi connectivity index (χ1v) is 5.74. The van der Waals surface area contributed by atoms with Crippen LogP contribution >= 0.6 is 0 Å². The lowest BCUT2D eigenvalue weighted by atomic mass is 10.1. The highest BCUT2D eigenvalue weighted by atomic mass is 16.3. The van der Waals surface area contributed by atoms with Gasteiger partial charge >= 0.3 is 0 Å². The first-order valence-electron chi connectivity index (χ1n) is 5.74. The molecule has 1 aromatic rings.